The van der Waals surface area contributed by atoms with Crippen molar-refractivity contribution >= 4 is 27.2 Å². The van der Waals surface area contributed by atoms with E-state index in [0.717, 1.165) is 51.7 Å². The summed E-state index contributed by atoms with van der Waals surface area (Å²) in [5, 5.41) is 11.0. The van der Waals surface area contributed by atoms with Gasteiger partial charge in [0.1, 0.15) is 23.9 Å². The first-order chi connectivity index (χ1) is 19.6. The number of hydrogen-bond acceptors (Lipinski definition) is 6. The number of benzene rings is 4. The second-order valence-corrected chi connectivity index (χ2v) is 11.1. The Bertz CT molecular complexity index is 1590. The molecule has 6 heteroatoms. The standard InChI is InChI=1S/C34H31NO4S/c36-27-13-18-30-31(23-27)40-34(26-11-9-25(10-12-26)32(37)24-7-3-1-4-8-24)33(30)39-29-16-14-28(15-17-29)38-22-21-35-19-5-2-6-20-35/h1,3-4,7-18,23,36H,2,5-6,19-22H2. The number of carbonyl (C=O) groups is 1. The van der Waals surface area contributed by atoms with Crippen LogP contribution < -0.4 is 9.47 Å². The second kappa shape index (κ2) is 11.9. The minimum absolute atomic E-state index is 0.0110. The lowest BCUT2D eigenvalue weighted by molar-refractivity contribution is 0.103. The number of nitrogens with zero attached hydrogens (tertiary/aromatic N) is 1. The number of hydrogen-bond donors (Lipinski definition) is 1. The van der Waals surface area contributed by atoms with Crippen molar-refractivity contribution < 1.29 is 19.4 Å². The molecule has 0 saturated carbocycles. The number of phenolic OH excluding ortho intramolecular Hbond substituents is 1. The van der Waals surface area contributed by atoms with Crippen molar-refractivity contribution in [1.29, 1.82) is 0 Å². The Morgan fingerprint density at radius 2 is 1.50 bits per heavy atom. The summed E-state index contributed by atoms with van der Waals surface area (Å²) >= 11 is 1.55. The Balaban J connectivity index is 1.21. The number of phenols is 1. The maximum absolute atomic E-state index is 12.9. The van der Waals surface area contributed by atoms with Gasteiger partial charge in [-0.25, -0.2) is 0 Å². The normalized spacial score (nSPS) is 13.8. The van der Waals surface area contributed by atoms with E-state index in [2.05, 4.69) is 4.90 Å². The van der Waals surface area contributed by atoms with Gasteiger partial charge in [0, 0.05) is 27.8 Å². The lowest BCUT2D eigenvalue weighted by Crippen LogP contribution is -2.33. The van der Waals surface area contributed by atoms with Crippen LogP contribution in [-0.2, 0) is 0 Å². The van der Waals surface area contributed by atoms with Gasteiger partial charge in [0.2, 0.25) is 0 Å². The SMILES string of the molecule is O=C(c1ccccc1)c1ccc(-c2sc3cc(O)ccc3c2Oc2ccc(OCCN3CCCCC3)cc2)cc1. The average molecular weight is 550 g/mol. The molecule has 1 fully saturated rings. The molecule has 1 N–H and O–H groups in total. The molecule has 1 aromatic heterocycles. The maximum Gasteiger partial charge on any atom is 0.193 e. The van der Waals surface area contributed by atoms with E-state index >= 15 is 0 Å². The Hall–Kier alpha value is -4.13. The van der Waals surface area contributed by atoms with Gasteiger partial charge in [-0.2, -0.15) is 0 Å². The number of fused-ring (bicyclic) bond motifs is 1. The van der Waals surface area contributed by atoms with Crippen molar-refractivity contribution in [2.75, 3.05) is 26.2 Å². The van der Waals surface area contributed by atoms with Gasteiger partial charge in [-0.1, -0.05) is 61.0 Å². The van der Waals surface area contributed by atoms with Gasteiger partial charge in [0.05, 0.1) is 4.88 Å². The van der Waals surface area contributed by atoms with E-state index in [1.807, 2.05) is 84.9 Å². The predicted molar refractivity (Wildman–Crippen MR) is 161 cm³/mol. The van der Waals surface area contributed by atoms with E-state index in [1.165, 1.54) is 19.3 Å². The molecule has 4 aromatic carbocycles. The minimum atomic E-state index is -0.0110. The van der Waals surface area contributed by atoms with Crippen molar-refractivity contribution in [2.24, 2.45) is 0 Å². The molecule has 0 radical (unpaired) electrons. The summed E-state index contributed by atoms with van der Waals surface area (Å²) in [4.78, 5) is 16.3. The number of carbonyl (C=O) groups excluding carboxylic acids is 1. The van der Waals surface area contributed by atoms with Gasteiger partial charge >= 0.3 is 0 Å². The van der Waals surface area contributed by atoms with Crippen LogP contribution in [0.5, 0.6) is 23.0 Å². The Morgan fingerprint density at radius 1 is 0.800 bits per heavy atom. The van der Waals surface area contributed by atoms with Crippen molar-refractivity contribution in [3.63, 3.8) is 0 Å². The topological polar surface area (TPSA) is 59.0 Å². The largest absolute Gasteiger partial charge is 0.508 e. The average Bonchev–Trinajstić information content (AvgIpc) is 3.35. The van der Waals surface area contributed by atoms with Crippen LogP contribution in [0.3, 0.4) is 0 Å². The van der Waals surface area contributed by atoms with E-state index in [0.29, 0.717) is 23.5 Å². The number of ether oxygens (including phenoxy) is 2. The summed E-state index contributed by atoms with van der Waals surface area (Å²) in [6, 6.07) is 29.9. The van der Waals surface area contributed by atoms with Crippen LogP contribution in [-0.4, -0.2) is 42.0 Å². The van der Waals surface area contributed by atoms with Gasteiger partial charge in [-0.15, -0.1) is 11.3 Å². The smallest absolute Gasteiger partial charge is 0.193 e. The van der Waals surface area contributed by atoms with E-state index < -0.39 is 0 Å². The van der Waals surface area contributed by atoms with Gasteiger partial charge in [-0.05, 0) is 74.0 Å². The molecule has 1 aliphatic rings. The molecular formula is C34H31NO4S. The number of piperidine rings is 1. The Kier molecular flexibility index (Phi) is 7.80. The highest BCUT2D eigenvalue weighted by atomic mass is 32.1. The summed E-state index contributed by atoms with van der Waals surface area (Å²) in [5.74, 6) is 2.45. The third-order valence-electron chi connectivity index (χ3n) is 7.24. The van der Waals surface area contributed by atoms with Crippen LogP contribution in [0.15, 0.2) is 97.1 Å². The number of likely N-dealkylation sites (tertiary alicyclic amines) is 1. The van der Waals surface area contributed by atoms with Crippen molar-refractivity contribution in [3.05, 3.63) is 108 Å². The summed E-state index contributed by atoms with van der Waals surface area (Å²) < 4.78 is 13.4. The van der Waals surface area contributed by atoms with Crippen molar-refractivity contribution in [2.45, 2.75) is 19.3 Å². The molecule has 5 aromatic rings. The zero-order valence-corrected chi connectivity index (χ0v) is 23.0. The Labute approximate surface area is 238 Å². The monoisotopic (exact) mass is 549 g/mol. The lowest BCUT2D eigenvalue weighted by Gasteiger charge is -2.26. The van der Waals surface area contributed by atoms with Crippen molar-refractivity contribution in [3.8, 4) is 33.4 Å². The zero-order chi connectivity index (χ0) is 27.3. The van der Waals surface area contributed by atoms with Crippen LogP contribution in [0.2, 0.25) is 0 Å². The molecule has 1 aliphatic heterocycles. The van der Waals surface area contributed by atoms with E-state index in [-0.39, 0.29) is 11.5 Å². The first kappa shape index (κ1) is 26.1. The molecule has 6 rings (SSSR count). The van der Waals surface area contributed by atoms with Gasteiger partial charge in [0.25, 0.3) is 0 Å². The molecule has 0 spiro atoms. The van der Waals surface area contributed by atoms with Gasteiger partial charge in [0.15, 0.2) is 11.5 Å². The molecule has 0 amide bonds. The second-order valence-electron chi connectivity index (χ2n) is 10.0. The van der Waals surface area contributed by atoms with E-state index in [9.17, 15) is 9.90 Å². The molecule has 2 heterocycles. The summed E-state index contributed by atoms with van der Waals surface area (Å²) in [5.41, 5.74) is 2.24. The zero-order valence-electron chi connectivity index (χ0n) is 22.2. The van der Waals surface area contributed by atoms with Crippen LogP contribution in [0.4, 0.5) is 0 Å². The number of ketones is 1. The first-order valence-corrected chi connectivity index (χ1v) is 14.5. The van der Waals surface area contributed by atoms with Crippen LogP contribution in [0.1, 0.15) is 35.2 Å². The fourth-order valence-electron chi connectivity index (χ4n) is 5.08. The van der Waals surface area contributed by atoms with Crippen LogP contribution in [0, 0.1) is 0 Å². The molecule has 0 aliphatic carbocycles. The summed E-state index contributed by atoms with van der Waals surface area (Å²) in [6.07, 6.45) is 3.89. The fourth-order valence-corrected chi connectivity index (χ4v) is 6.25. The van der Waals surface area contributed by atoms with E-state index in [4.69, 9.17) is 9.47 Å². The third kappa shape index (κ3) is 5.88. The molecule has 1 saturated heterocycles. The highest BCUT2D eigenvalue weighted by Gasteiger charge is 2.18. The molecule has 0 unspecified atom stereocenters. The van der Waals surface area contributed by atoms with Crippen LogP contribution in [0.25, 0.3) is 20.5 Å². The summed E-state index contributed by atoms with van der Waals surface area (Å²) in [6.45, 7) is 3.95. The fraction of sp³-hybridized carbons (Fsp3) is 0.206. The van der Waals surface area contributed by atoms with Gasteiger partial charge < -0.3 is 14.6 Å². The molecular weight excluding hydrogens is 518 g/mol. The first-order valence-electron chi connectivity index (χ1n) is 13.7. The quantitative estimate of drug-likeness (QED) is 0.188. The number of aromatic hydroxyl groups is 1. The Morgan fingerprint density at radius 3 is 2.25 bits per heavy atom. The third-order valence-corrected chi connectivity index (χ3v) is 8.42. The molecule has 0 bridgehead atoms. The van der Waals surface area contributed by atoms with Crippen molar-refractivity contribution in [1.82, 2.24) is 4.90 Å². The molecule has 40 heavy (non-hydrogen) atoms. The highest BCUT2D eigenvalue weighted by Crippen LogP contribution is 2.47. The van der Waals surface area contributed by atoms with Gasteiger partial charge in [-0.3, -0.25) is 9.69 Å². The molecule has 5 nitrogen and oxygen atoms in total. The van der Waals surface area contributed by atoms with E-state index in [1.54, 1.807) is 23.5 Å². The summed E-state index contributed by atoms with van der Waals surface area (Å²) in [7, 11) is 0. The highest BCUT2D eigenvalue weighted by molar-refractivity contribution is 7.22. The predicted octanol–water partition coefficient (Wildman–Crippen LogP) is 8.16. The van der Waals surface area contributed by atoms with Crippen LogP contribution >= 0.6 is 11.3 Å². The molecule has 0 atom stereocenters. The number of rotatable bonds is 9. The minimum Gasteiger partial charge on any atom is -0.508 e. The maximum atomic E-state index is 12.9. The lowest BCUT2D eigenvalue weighted by atomic mass is 10.0. The number of thiophene rings is 1. The molecule has 202 valence electrons.